The van der Waals surface area contributed by atoms with Gasteiger partial charge >= 0.3 is 0 Å². The SMILES string of the molecule is CCCCC1CCN(CCCN2C=COc3ccc(C)cc32)CC1. The molecule has 132 valence electrons. The molecule has 2 aliphatic heterocycles. The van der Waals surface area contributed by atoms with Crippen molar-refractivity contribution < 1.29 is 4.74 Å². The molecule has 0 bridgehead atoms. The highest BCUT2D eigenvalue weighted by molar-refractivity contribution is 5.63. The van der Waals surface area contributed by atoms with Crippen LogP contribution in [0.4, 0.5) is 5.69 Å². The minimum Gasteiger partial charge on any atom is -0.461 e. The van der Waals surface area contributed by atoms with E-state index in [1.807, 2.05) is 0 Å². The lowest BCUT2D eigenvalue weighted by Crippen LogP contribution is -2.35. The number of aryl methyl sites for hydroxylation is 1. The summed E-state index contributed by atoms with van der Waals surface area (Å²) in [5.41, 5.74) is 2.49. The van der Waals surface area contributed by atoms with Crippen molar-refractivity contribution in [3.05, 3.63) is 36.2 Å². The number of piperidine rings is 1. The number of ether oxygens (including phenoxy) is 1. The molecule has 3 nitrogen and oxygen atoms in total. The van der Waals surface area contributed by atoms with Gasteiger partial charge in [0.2, 0.25) is 0 Å². The maximum atomic E-state index is 5.62. The average Bonchev–Trinajstić information content (AvgIpc) is 2.61. The predicted molar refractivity (Wildman–Crippen MR) is 102 cm³/mol. The van der Waals surface area contributed by atoms with Crippen molar-refractivity contribution in [3.63, 3.8) is 0 Å². The summed E-state index contributed by atoms with van der Waals surface area (Å²) in [6, 6.07) is 6.40. The first-order chi connectivity index (χ1) is 11.8. The van der Waals surface area contributed by atoms with E-state index >= 15 is 0 Å². The number of fused-ring (bicyclic) bond motifs is 1. The number of likely N-dealkylation sites (tertiary alicyclic amines) is 1. The van der Waals surface area contributed by atoms with Gasteiger partial charge in [-0.25, -0.2) is 0 Å². The van der Waals surface area contributed by atoms with E-state index in [2.05, 4.69) is 48.0 Å². The lowest BCUT2D eigenvalue weighted by Gasteiger charge is -2.33. The fourth-order valence-electron chi connectivity index (χ4n) is 3.86. The molecule has 0 aliphatic carbocycles. The molecule has 24 heavy (non-hydrogen) atoms. The minimum absolute atomic E-state index is 0.972. The first kappa shape index (κ1) is 17.3. The van der Waals surface area contributed by atoms with Crippen LogP contribution in [-0.4, -0.2) is 31.1 Å². The lowest BCUT2D eigenvalue weighted by molar-refractivity contribution is 0.176. The van der Waals surface area contributed by atoms with Crippen LogP contribution in [0.2, 0.25) is 0 Å². The highest BCUT2D eigenvalue weighted by Crippen LogP contribution is 2.33. The molecule has 0 amide bonds. The van der Waals surface area contributed by atoms with Gasteiger partial charge in [-0.1, -0.05) is 32.3 Å². The fourth-order valence-corrected chi connectivity index (χ4v) is 3.86. The molecule has 0 aromatic heterocycles. The summed E-state index contributed by atoms with van der Waals surface area (Å²) < 4.78 is 5.62. The second kappa shape index (κ2) is 8.57. The summed E-state index contributed by atoms with van der Waals surface area (Å²) in [6.07, 6.45) is 12.1. The zero-order chi connectivity index (χ0) is 16.8. The highest BCUT2D eigenvalue weighted by atomic mass is 16.5. The van der Waals surface area contributed by atoms with Crippen LogP contribution in [0.25, 0.3) is 0 Å². The topological polar surface area (TPSA) is 15.7 Å². The van der Waals surface area contributed by atoms with Gasteiger partial charge in [0.25, 0.3) is 0 Å². The van der Waals surface area contributed by atoms with Gasteiger partial charge < -0.3 is 14.5 Å². The summed E-state index contributed by atoms with van der Waals surface area (Å²) in [6.45, 7) is 9.30. The zero-order valence-electron chi connectivity index (χ0n) is 15.3. The second-order valence-corrected chi connectivity index (χ2v) is 7.35. The molecule has 0 radical (unpaired) electrons. The minimum atomic E-state index is 0.972. The number of unbranched alkanes of at least 4 members (excludes halogenated alkanes) is 1. The normalized spacial score (nSPS) is 18.5. The fraction of sp³-hybridized carbons (Fsp3) is 0.619. The van der Waals surface area contributed by atoms with E-state index in [0.29, 0.717) is 0 Å². The lowest BCUT2D eigenvalue weighted by atomic mass is 9.91. The van der Waals surface area contributed by atoms with Crippen molar-refractivity contribution in [2.24, 2.45) is 5.92 Å². The molecule has 0 unspecified atom stereocenters. The van der Waals surface area contributed by atoms with E-state index in [-0.39, 0.29) is 0 Å². The third-order valence-electron chi connectivity index (χ3n) is 5.41. The number of rotatable bonds is 7. The molecule has 1 aromatic rings. The number of benzene rings is 1. The molecular weight excluding hydrogens is 296 g/mol. The maximum Gasteiger partial charge on any atom is 0.150 e. The van der Waals surface area contributed by atoms with Crippen molar-refractivity contribution in [1.82, 2.24) is 4.90 Å². The summed E-state index contributed by atoms with van der Waals surface area (Å²) in [4.78, 5) is 4.99. The molecule has 1 fully saturated rings. The largest absolute Gasteiger partial charge is 0.461 e. The molecule has 3 rings (SSSR count). The van der Waals surface area contributed by atoms with Crippen LogP contribution in [0.1, 0.15) is 51.0 Å². The van der Waals surface area contributed by atoms with Crippen molar-refractivity contribution in [1.29, 1.82) is 0 Å². The molecule has 0 saturated carbocycles. The van der Waals surface area contributed by atoms with Gasteiger partial charge in [0.15, 0.2) is 0 Å². The van der Waals surface area contributed by atoms with Crippen molar-refractivity contribution in [2.45, 2.75) is 52.4 Å². The van der Waals surface area contributed by atoms with Crippen molar-refractivity contribution in [3.8, 4) is 5.75 Å². The standard InChI is InChI=1S/C21H32N2O/c1-3-4-6-19-9-13-22(14-10-19)11-5-12-23-15-16-24-21-8-7-18(2)17-20(21)23/h7-8,15-17,19H,3-6,9-14H2,1-2H3. The Balaban J connectivity index is 1.42. The van der Waals surface area contributed by atoms with Crippen LogP contribution in [0.5, 0.6) is 5.75 Å². The summed E-state index contributed by atoms with van der Waals surface area (Å²) >= 11 is 0. The molecule has 0 atom stereocenters. The van der Waals surface area contributed by atoms with Crippen LogP contribution in [-0.2, 0) is 0 Å². The summed E-state index contributed by atoms with van der Waals surface area (Å²) in [5, 5.41) is 0. The van der Waals surface area contributed by atoms with E-state index in [1.54, 1.807) is 6.26 Å². The summed E-state index contributed by atoms with van der Waals surface area (Å²) in [7, 11) is 0. The van der Waals surface area contributed by atoms with E-state index in [0.717, 1.165) is 18.2 Å². The Labute approximate surface area is 147 Å². The third kappa shape index (κ3) is 4.54. The number of hydrogen-bond donors (Lipinski definition) is 0. The van der Waals surface area contributed by atoms with Crippen molar-refractivity contribution >= 4 is 5.69 Å². The van der Waals surface area contributed by atoms with E-state index in [4.69, 9.17) is 4.74 Å². The Hall–Kier alpha value is -1.48. The van der Waals surface area contributed by atoms with Gasteiger partial charge in [-0.3, -0.25) is 0 Å². The van der Waals surface area contributed by atoms with Gasteiger partial charge in [-0.2, -0.15) is 0 Å². The van der Waals surface area contributed by atoms with Crippen LogP contribution in [0, 0.1) is 12.8 Å². The first-order valence-electron chi connectivity index (χ1n) is 9.69. The van der Waals surface area contributed by atoms with Gasteiger partial charge in [0.1, 0.15) is 12.0 Å². The van der Waals surface area contributed by atoms with E-state index in [9.17, 15) is 0 Å². The Morgan fingerprint density at radius 1 is 1.12 bits per heavy atom. The monoisotopic (exact) mass is 328 g/mol. The molecule has 3 heteroatoms. The Morgan fingerprint density at radius 3 is 2.75 bits per heavy atom. The van der Waals surface area contributed by atoms with Gasteiger partial charge in [0.05, 0.1) is 5.69 Å². The first-order valence-corrected chi connectivity index (χ1v) is 9.69. The highest BCUT2D eigenvalue weighted by Gasteiger charge is 2.19. The van der Waals surface area contributed by atoms with Crippen LogP contribution in [0.15, 0.2) is 30.7 Å². The van der Waals surface area contributed by atoms with Gasteiger partial charge in [-0.15, -0.1) is 0 Å². The van der Waals surface area contributed by atoms with Crippen LogP contribution < -0.4 is 9.64 Å². The van der Waals surface area contributed by atoms with Gasteiger partial charge in [-0.05, 0) is 69.4 Å². The molecule has 2 heterocycles. The Kier molecular flexibility index (Phi) is 6.19. The maximum absolute atomic E-state index is 5.62. The quantitative estimate of drug-likeness (QED) is 0.704. The zero-order valence-corrected chi connectivity index (χ0v) is 15.3. The third-order valence-corrected chi connectivity index (χ3v) is 5.41. The van der Waals surface area contributed by atoms with E-state index < -0.39 is 0 Å². The number of anilines is 1. The molecular formula is C21H32N2O. The Bertz CT molecular complexity index is 547. The number of hydrogen-bond acceptors (Lipinski definition) is 3. The van der Waals surface area contributed by atoms with Crippen LogP contribution >= 0.6 is 0 Å². The van der Waals surface area contributed by atoms with Crippen molar-refractivity contribution in [2.75, 3.05) is 31.1 Å². The predicted octanol–water partition coefficient (Wildman–Crippen LogP) is 4.96. The Morgan fingerprint density at radius 2 is 1.96 bits per heavy atom. The summed E-state index contributed by atoms with van der Waals surface area (Å²) in [5.74, 6) is 1.96. The molecule has 1 aromatic carbocycles. The van der Waals surface area contributed by atoms with Crippen LogP contribution in [0.3, 0.4) is 0 Å². The number of nitrogens with zero attached hydrogens (tertiary/aromatic N) is 2. The molecule has 2 aliphatic rings. The van der Waals surface area contributed by atoms with Gasteiger partial charge in [0, 0.05) is 12.7 Å². The average molecular weight is 329 g/mol. The molecule has 0 N–H and O–H groups in total. The molecule has 0 spiro atoms. The van der Waals surface area contributed by atoms with E-state index in [1.165, 1.54) is 69.4 Å². The molecule has 1 saturated heterocycles. The second-order valence-electron chi connectivity index (χ2n) is 7.35. The smallest absolute Gasteiger partial charge is 0.150 e.